The number of halogens is 3. The Kier molecular flexibility index (Phi) is 3.31. The van der Waals surface area contributed by atoms with Gasteiger partial charge in [0.2, 0.25) is 0 Å². The third-order valence-electron chi connectivity index (χ3n) is 2.67. The summed E-state index contributed by atoms with van der Waals surface area (Å²) in [5, 5.41) is 21.4. The summed E-state index contributed by atoms with van der Waals surface area (Å²) in [5.74, 6) is -1.71. The molecule has 0 fully saturated rings. The minimum absolute atomic E-state index is 0.115. The van der Waals surface area contributed by atoms with Crippen molar-refractivity contribution in [1.82, 2.24) is 9.78 Å². The van der Waals surface area contributed by atoms with Gasteiger partial charge in [0.1, 0.15) is 17.5 Å². The van der Waals surface area contributed by atoms with Crippen LogP contribution in [0.4, 0.5) is 19.0 Å². The number of nitrogens with two attached hydrogens (primary N) is 1. The Morgan fingerprint density at radius 3 is 2.29 bits per heavy atom. The Hall–Kier alpha value is -3.02. The van der Waals surface area contributed by atoms with Gasteiger partial charge in [-0.25, -0.2) is 9.48 Å². The van der Waals surface area contributed by atoms with Crippen LogP contribution in [0.1, 0.15) is 21.6 Å². The number of aromatic nitrogens is 2. The lowest BCUT2D eigenvalue weighted by Gasteiger charge is -2.08. The standard InChI is InChI=1S/C12H7F3N4O2/c13-12(14,15)6-1-3-7(4-2-6)19-10(17)8(5-16)9(18-19)11(20)21/h1-4H,17H2,(H,20,21). The molecule has 108 valence electrons. The summed E-state index contributed by atoms with van der Waals surface area (Å²) in [5.41, 5.74) is 3.95. The van der Waals surface area contributed by atoms with E-state index in [0.29, 0.717) is 0 Å². The molecule has 0 aliphatic heterocycles. The van der Waals surface area contributed by atoms with Crippen molar-refractivity contribution in [3.8, 4) is 11.8 Å². The number of carboxylic acids is 1. The van der Waals surface area contributed by atoms with Crippen LogP contribution in [0.25, 0.3) is 5.69 Å². The fourth-order valence-electron chi connectivity index (χ4n) is 1.68. The molecule has 9 heteroatoms. The van der Waals surface area contributed by atoms with Crippen LogP contribution in [0.2, 0.25) is 0 Å². The van der Waals surface area contributed by atoms with E-state index in [0.717, 1.165) is 28.9 Å². The lowest BCUT2D eigenvalue weighted by Crippen LogP contribution is -2.07. The van der Waals surface area contributed by atoms with Gasteiger partial charge in [-0.3, -0.25) is 0 Å². The second-order valence-corrected chi connectivity index (χ2v) is 3.98. The molecule has 0 radical (unpaired) electrons. The van der Waals surface area contributed by atoms with E-state index in [-0.39, 0.29) is 17.1 Å². The van der Waals surface area contributed by atoms with Crippen molar-refractivity contribution >= 4 is 11.8 Å². The first-order valence-electron chi connectivity index (χ1n) is 5.45. The lowest BCUT2D eigenvalue weighted by molar-refractivity contribution is -0.137. The third-order valence-corrected chi connectivity index (χ3v) is 2.67. The first-order chi connectivity index (χ1) is 9.75. The van der Waals surface area contributed by atoms with Crippen molar-refractivity contribution in [3.63, 3.8) is 0 Å². The molecule has 1 heterocycles. The number of benzene rings is 1. The van der Waals surface area contributed by atoms with E-state index in [4.69, 9.17) is 16.1 Å². The number of hydrogen-bond donors (Lipinski definition) is 2. The number of aromatic carboxylic acids is 1. The van der Waals surface area contributed by atoms with Crippen molar-refractivity contribution in [2.45, 2.75) is 6.18 Å². The highest BCUT2D eigenvalue weighted by atomic mass is 19.4. The molecule has 6 nitrogen and oxygen atoms in total. The second-order valence-electron chi connectivity index (χ2n) is 3.98. The van der Waals surface area contributed by atoms with Gasteiger partial charge in [0.15, 0.2) is 5.69 Å². The number of nitriles is 1. The first kappa shape index (κ1) is 14.4. The van der Waals surface area contributed by atoms with Crippen LogP contribution in [0, 0.1) is 11.3 Å². The van der Waals surface area contributed by atoms with E-state index in [1.54, 1.807) is 6.07 Å². The third kappa shape index (κ3) is 2.51. The topological polar surface area (TPSA) is 105 Å². The highest BCUT2D eigenvalue weighted by Crippen LogP contribution is 2.30. The molecule has 0 saturated carbocycles. The Morgan fingerprint density at radius 1 is 1.33 bits per heavy atom. The maximum absolute atomic E-state index is 12.5. The highest BCUT2D eigenvalue weighted by molar-refractivity contribution is 5.90. The van der Waals surface area contributed by atoms with Crippen LogP contribution in [0.3, 0.4) is 0 Å². The van der Waals surface area contributed by atoms with Crippen LogP contribution < -0.4 is 5.73 Å². The quantitative estimate of drug-likeness (QED) is 0.882. The van der Waals surface area contributed by atoms with Gasteiger partial charge in [0, 0.05) is 0 Å². The molecular formula is C12H7F3N4O2. The predicted molar refractivity (Wildman–Crippen MR) is 64.7 cm³/mol. The zero-order valence-corrected chi connectivity index (χ0v) is 10.2. The van der Waals surface area contributed by atoms with Gasteiger partial charge in [-0.2, -0.15) is 23.5 Å². The van der Waals surface area contributed by atoms with Crippen LogP contribution in [-0.4, -0.2) is 20.9 Å². The summed E-state index contributed by atoms with van der Waals surface area (Å²) in [6.07, 6.45) is -4.49. The van der Waals surface area contributed by atoms with E-state index >= 15 is 0 Å². The van der Waals surface area contributed by atoms with Gasteiger partial charge in [0.05, 0.1) is 11.3 Å². The van der Waals surface area contributed by atoms with E-state index < -0.39 is 23.4 Å². The SMILES string of the molecule is N#Cc1c(C(=O)O)nn(-c2ccc(C(F)(F)F)cc2)c1N. The van der Waals surface area contributed by atoms with Crippen LogP contribution in [-0.2, 0) is 6.18 Å². The molecule has 0 unspecified atom stereocenters. The summed E-state index contributed by atoms with van der Waals surface area (Å²) in [6.45, 7) is 0. The molecule has 3 N–H and O–H groups in total. The number of rotatable bonds is 2. The maximum atomic E-state index is 12.5. The summed E-state index contributed by atoms with van der Waals surface area (Å²) >= 11 is 0. The number of hydrogen-bond acceptors (Lipinski definition) is 4. The van der Waals surface area contributed by atoms with Crippen LogP contribution >= 0.6 is 0 Å². The van der Waals surface area contributed by atoms with Crippen molar-refractivity contribution < 1.29 is 23.1 Å². The van der Waals surface area contributed by atoms with Gasteiger partial charge >= 0.3 is 12.1 Å². The number of carboxylic acid groups (broad SMARTS) is 1. The van der Waals surface area contributed by atoms with Gasteiger partial charge in [0.25, 0.3) is 0 Å². The normalized spacial score (nSPS) is 11.1. The monoisotopic (exact) mass is 296 g/mol. The molecule has 0 amide bonds. The summed E-state index contributed by atoms with van der Waals surface area (Å²) < 4.78 is 38.3. The first-order valence-corrected chi connectivity index (χ1v) is 5.45. The van der Waals surface area contributed by atoms with Crippen molar-refractivity contribution in [2.24, 2.45) is 0 Å². The van der Waals surface area contributed by atoms with Gasteiger partial charge in [-0.1, -0.05) is 0 Å². The second kappa shape index (κ2) is 4.82. The molecule has 21 heavy (non-hydrogen) atoms. The minimum Gasteiger partial charge on any atom is -0.476 e. The van der Waals surface area contributed by atoms with Gasteiger partial charge in [-0.05, 0) is 24.3 Å². The van der Waals surface area contributed by atoms with Crippen molar-refractivity contribution in [1.29, 1.82) is 5.26 Å². The lowest BCUT2D eigenvalue weighted by atomic mass is 10.2. The number of alkyl halides is 3. The molecule has 1 aromatic heterocycles. The molecule has 0 bridgehead atoms. The van der Waals surface area contributed by atoms with Crippen LogP contribution in [0.15, 0.2) is 24.3 Å². The zero-order chi connectivity index (χ0) is 15.8. The molecule has 2 aromatic rings. The number of carbonyl (C=O) groups is 1. The Morgan fingerprint density at radius 2 is 1.90 bits per heavy atom. The van der Waals surface area contributed by atoms with Gasteiger partial charge < -0.3 is 10.8 Å². The molecule has 1 aromatic carbocycles. The van der Waals surface area contributed by atoms with E-state index in [9.17, 15) is 18.0 Å². The summed E-state index contributed by atoms with van der Waals surface area (Å²) in [6, 6.07) is 5.38. The minimum atomic E-state index is -4.49. The average molecular weight is 296 g/mol. The number of anilines is 1. The molecule has 0 saturated heterocycles. The average Bonchev–Trinajstić information content (AvgIpc) is 2.75. The van der Waals surface area contributed by atoms with E-state index in [2.05, 4.69) is 5.10 Å². The summed E-state index contributed by atoms with van der Waals surface area (Å²) in [7, 11) is 0. The summed E-state index contributed by atoms with van der Waals surface area (Å²) in [4.78, 5) is 10.9. The van der Waals surface area contributed by atoms with Crippen molar-refractivity contribution in [3.05, 3.63) is 41.1 Å². The Balaban J connectivity index is 2.53. The molecule has 0 spiro atoms. The fourth-order valence-corrected chi connectivity index (χ4v) is 1.68. The largest absolute Gasteiger partial charge is 0.476 e. The Labute approximate surface area is 115 Å². The molecule has 0 atom stereocenters. The number of nitrogens with zero attached hydrogens (tertiary/aromatic N) is 3. The molecule has 0 aliphatic carbocycles. The Bertz CT molecular complexity index is 742. The fraction of sp³-hybridized carbons (Fsp3) is 0.0833. The zero-order valence-electron chi connectivity index (χ0n) is 10.2. The highest BCUT2D eigenvalue weighted by Gasteiger charge is 2.30. The molecule has 0 aliphatic rings. The van der Waals surface area contributed by atoms with Gasteiger partial charge in [-0.15, -0.1) is 0 Å². The van der Waals surface area contributed by atoms with Crippen molar-refractivity contribution in [2.75, 3.05) is 5.73 Å². The number of nitrogen functional groups attached to an aromatic ring is 1. The maximum Gasteiger partial charge on any atom is 0.416 e. The molecular weight excluding hydrogens is 289 g/mol. The predicted octanol–water partition coefficient (Wildman–Crippen LogP) is 2.04. The van der Waals surface area contributed by atoms with Crippen LogP contribution in [0.5, 0.6) is 0 Å². The molecule has 2 rings (SSSR count). The van der Waals surface area contributed by atoms with E-state index in [1.165, 1.54) is 0 Å². The smallest absolute Gasteiger partial charge is 0.416 e. The van der Waals surface area contributed by atoms with E-state index in [1.807, 2.05) is 0 Å².